The van der Waals surface area contributed by atoms with E-state index in [0.717, 1.165) is 22.3 Å². The van der Waals surface area contributed by atoms with Crippen molar-refractivity contribution in [2.45, 2.75) is 31.4 Å². The molecule has 2 N–H and O–H groups in total. The lowest BCUT2D eigenvalue weighted by atomic mass is 10.0. The van der Waals surface area contributed by atoms with Gasteiger partial charge >= 0.3 is 0 Å². The minimum absolute atomic E-state index is 0.0185. The van der Waals surface area contributed by atoms with Gasteiger partial charge in [0.05, 0.1) is 13.0 Å². The quantitative estimate of drug-likeness (QED) is 0.588. The van der Waals surface area contributed by atoms with E-state index in [1.54, 1.807) is 35.6 Å². The fourth-order valence-corrected chi connectivity index (χ4v) is 4.04. The number of aliphatic hydroxyl groups excluding tert-OH is 1. The number of aromatic nitrogens is 1. The molecule has 1 saturated heterocycles. The summed E-state index contributed by atoms with van der Waals surface area (Å²) in [7, 11) is 0. The Kier molecular flexibility index (Phi) is 6.33. The number of amides is 2. The molecule has 1 fully saturated rings. The summed E-state index contributed by atoms with van der Waals surface area (Å²) < 4.78 is 32.8. The molecule has 2 amide bonds. The van der Waals surface area contributed by atoms with Gasteiger partial charge in [0, 0.05) is 18.7 Å². The van der Waals surface area contributed by atoms with Crippen LogP contribution in [0.2, 0.25) is 0 Å². The molecule has 4 rings (SSSR count). The van der Waals surface area contributed by atoms with E-state index in [0.29, 0.717) is 18.5 Å². The molecule has 7 nitrogen and oxygen atoms in total. The van der Waals surface area contributed by atoms with Crippen molar-refractivity contribution in [1.82, 2.24) is 15.2 Å². The number of benzene rings is 1. The molecule has 0 bridgehead atoms. The Morgan fingerprint density at radius 1 is 1.25 bits per heavy atom. The van der Waals surface area contributed by atoms with Gasteiger partial charge in [-0.1, -0.05) is 12.1 Å². The van der Waals surface area contributed by atoms with Gasteiger partial charge < -0.3 is 19.7 Å². The van der Waals surface area contributed by atoms with Crippen LogP contribution in [0.5, 0.6) is 0 Å². The largest absolute Gasteiger partial charge is 0.444 e. The summed E-state index contributed by atoms with van der Waals surface area (Å²) in [6.45, 7) is -0.472. The Labute approximate surface area is 186 Å². The van der Waals surface area contributed by atoms with Crippen molar-refractivity contribution in [3.8, 4) is 11.5 Å². The Morgan fingerprint density at radius 3 is 2.72 bits per heavy atom. The first kappa shape index (κ1) is 22.1. The van der Waals surface area contributed by atoms with Crippen molar-refractivity contribution in [2.24, 2.45) is 0 Å². The summed E-state index contributed by atoms with van der Waals surface area (Å²) in [6, 6.07) is 9.00. The van der Waals surface area contributed by atoms with E-state index in [9.17, 15) is 23.5 Å². The zero-order valence-corrected chi connectivity index (χ0v) is 17.8. The van der Waals surface area contributed by atoms with Gasteiger partial charge in [-0.15, -0.1) is 0 Å². The lowest BCUT2D eigenvalue weighted by Crippen LogP contribution is -2.53. The standard InChI is InChI=1S/C22H21F2N3O4S/c23-22(24)13-27(7-5-18(22)28)21(30)17-11-31-20(26-17)16-3-1-14(2-4-16)10-25-19(29)9-15-6-8-32-12-15/h1-4,6,8,11-12,18,28H,5,7,9-10,13H2,(H,25,29). The van der Waals surface area contributed by atoms with Crippen molar-refractivity contribution < 1.29 is 27.9 Å². The number of nitrogens with zero attached hydrogens (tertiary/aromatic N) is 2. The second kappa shape index (κ2) is 9.17. The maximum Gasteiger partial charge on any atom is 0.290 e. The molecule has 1 unspecified atom stereocenters. The lowest BCUT2D eigenvalue weighted by molar-refractivity contribution is -0.142. The SMILES string of the molecule is O=C(Cc1ccsc1)NCc1ccc(-c2nc(C(=O)N3CCC(O)C(F)(F)C3)co2)cc1. The molecule has 168 valence electrons. The summed E-state index contributed by atoms with van der Waals surface area (Å²) in [5.41, 5.74) is 2.39. The van der Waals surface area contributed by atoms with Crippen molar-refractivity contribution in [1.29, 1.82) is 0 Å². The fraction of sp³-hybridized carbons (Fsp3) is 0.318. The van der Waals surface area contributed by atoms with Gasteiger partial charge in [-0.25, -0.2) is 13.8 Å². The Hall–Kier alpha value is -3.11. The highest BCUT2D eigenvalue weighted by atomic mass is 32.1. The topological polar surface area (TPSA) is 95.7 Å². The number of nitrogens with one attached hydrogen (secondary N) is 1. The van der Waals surface area contributed by atoms with Crippen molar-refractivity contribution in [3.05, 3.63) is 64.2 Å². The van der Waals surface area contributed by atoms with Crippen LogP contribution >= 0.6 is 11.3 Å². The fourth-order valence-electron chi connectivity index (χ4n) is 3.38. The second-order valence-corrected chi connectivity index (χ2v) is 8.39. The second-order valence-electron chi connectivity index (χ2n) is 7.61. The molecule has 1 aliphatic heterocycles. The number of carbonyl (C=O) groups excluding carboxylic acids is 2. The molecule has 32 heavy (non-hydrogen) atoms. The summed E-state index contributed by atoms with van der Waals surface area (Å²) in [4.78, 5) is 29.6. The van der Waals surface area contributed by atoms with E-state index in [-0.39, 0.29) is 30.5 Å². The number of carbonyl (C=O) groups is 2. The highest BCUT2D eigenvalue weighted by molar-refractivity contribution is 7.08. The predicted octanol–water partition coefficient (Wildman–Crippen LogP) is 3.10. The van der Waals surface area contributed by atoms with Crippen LogP contribution in [-0.4, -0.2) is 51.9 Å². The van der Waals surface area contributed by atoms with Gasteiger partial charge in [0.2, 0.25) is 11.8 Å². The third-order valence-electron chi connectivity index (χ3n) is 5.21. The van der Waals surface area contributed by atoms with Crippen LogP contribution in [0.1, 0.15) is 28.0 Å². The molecule has 0 saturated carbocycles. The monoisotopic (exact) mass is 461 g/mol. The van der Waals surface area contributed by atoms with Crippen LogP contribution in [-0.2, 0) is 17.8 Å². The first-order valence-electron chi connectivity index (χ1n) is 9.99. The summed E-state index contributed by atoms with van der Waals surface area (Å²) in [5, 5.41) is 16.1. The highest BCUT2D eigenvalue weighted by Gasteiger charge is 2.45. The van der Waals surface area contributed by atoms with E-state index in [4.69, 9.17) is 4.42 Å². The minimum Gasteiger partial charge on any atom is -0.444 e. The highest BCUT2D eigenvalue weighted by Crippen LogP contribution is 2.28. The summed E-state index contributed by atoms with van der Waals surface area (Å²) >= 11 is 1.55. The third-order valence-corrected chi connectivity index (χ3v) is 5.94. The number of thiophene rings is 1. The molecule has 0 radical (unpaired) electrons. The summed E-state index contributed by atoms with van der Waals surface area (Å²) in [6.07, 6.45) is -0.483. The normalized spacial score (nSPS) is 17.8. The molecule has 10 heteroatoms. The van der Waals surface area contributed by atoms with E-state index in [2.05, 4.69) is 10.3 Å². The van der Waals surface area contributed by atoms with Crippen LogP contribution in [0.25, 0.3) is 11.5 Å². The number of hydrogen-bond donors (Lipinski definition) is 2. The van der Waals surface area contributed by atoms with Gasteiger partial charge in [0.15, 0.2) is 5.69 Å². The van der Waals surface area contributed by atoms with Crippen LogP contribution in [0, 0.1) is 0 Å². The van der Waals surface area contributed by atoms with Crippen LogP contribution in [0.3, 0.4) is 0 Å². The number of rotatable bonds is 6. The van der Waals surface area contributed by atoms with E-state index in [1.807, 2.05) is 16.8 Å². The molecule has 1 aliphatic rings. The zero-order chi connectivity index (χ0) is 22.7. The Balaban J connectivity index is 1.35. The van der Waals surface area contributed by atoms with Crippen LogP contribution in [0.4, 0.5) is 8.78 Å². The van der Waals surface area contributed by atoms with Gasteiger partial charge in [-0.3, -0.25) is 9.59 Å². The number of likely N-dealkylation sites (tertiary alicyclic amines) is 1. The third kappa shape index (κ3) is 5.03. The molecule has 3 aromatic rings. The van der Waals surface area contributed by atoms with E-state index < -0.39 is 24.5 Å². The zero-order valence-electron chi connectivity index (χ0n) is 17.0. The van der Waals surface area contributed by atoms with Gasteiger partial charge in [-0.2, -0.15) is 11.3 Å². The first-order valence-corrected chi connectivity index (χ1v) is 10.9. The number of aliphatic hydroxyl groups is 1. The van der Waals surface area contributed by atoms with Gasteiger partial charge in [0.1, 0.15) is 12.4 Å². The van der Waals surface area contributed by atoms with Gasteiger partial charge in [-0.05, 0) is 46.5 Å². The number of alkyl halides is 2. The maximum atomic E-state index is 13.7. The smallest absolute Gasteiger partial charge is 0.290 e. The van der Waals surface area contributed by atoms with E-state index >= 15 is 0 Å². The van der Waals surface area contributed by atoms with Crippen LogP contribution in [0.15, 0.2) is 51.8 Å². The lowest BCUT2D eigenvalue weighted by Gasteiger charge is -2.35. The van der Waals surface area contributed by atoms with E-state index in [1.165, 1.54) is 0 Å². The first-order chi connectivity index (χ1) is 15.3. The summed E-state index contributed by atoms with van der Waals surface area (Å²) in [5.74, 6) is -3.91. The molecular formula is C22H21F2N3O4S. The molecule has 0 aliphatic carbocycles. The maximum absolute atomic E-state index is 13.7. The minimum atomic E-state index is -3.35. The average molecular weight is 461 g/mol. The molecule has 3 heterocycles. The van der Waals surface area contributed by atoms with Crippen molar-refractivity contribution in [2.75, 3.05) is 13.1 Å². The number of hydrogen-bond acceptors (Lipinski definition) is 6. The average Bonchev–Trinajstić information content (AvgIpc) is 3.46. The molecule has 0 spiro atoms. The number of oxazole rings is 1. The number of halogens is 2. The molecular weight excluding hydrogens is 440 g/mol. The van der Waals surface area contributed by atoms with Gasteiger partial charge in [0.25, 0.3) is 11.8 Å². The Bertz CT molecular complexity index is 1080. The van der Waals surface area contributed by atoms with Crippen LogP contribution < -0.4 is 5.32 Å². The Morgan fingerprint density at radius 2 is 2.03 bits per heavy atom. The molecule has 2 aromatic heterocycles. The predicted molar refractivity (Wildman–Crippen MR) is 113 cm³/mol. The number of piperidine rings is 1. The molecule has 1 aromatic carbocycles. The molecule has 1 atom stereocenters. The van der Waals surface area contributed by atoms with Crippen molar-refractivity contribution in [3.63, 3.8) is 0 Å². The van der Waals surface area contributed by atoms with Crippen molar-refractivity contribution >= 4 is 23.2 Å².